The number of halogens is 1. The van der Waals surface area contributed by atoms with Crippen LogP contribution in [0.4, 0.5) is 0 Å². The number of ether oxygens (including phenoxy) is 1. The molecule has 0 saturated carbocycles. The summed E-state index contributed by atoms with van der Waals surface area (Å²) in [5.74, 6) is 1.00. The highest BCUT2D eigenvalue weighted by atomic mass is 35.7. The van der Waals surface area contributed by atoms with Crippen LogP contribution in [-0.2, 0) is 0 Å². The van der Waals surface area contributed by atoms with Gasteiger partial charge in [-0.1, -0.05) is 40.0 Å². The van der Waals surface area contributed by atoms with E-state index in [9.17, 15) is 4.79 Å². The van der Waals surface area contributed by atoms with Crippen molar-refractivity contribution in [1.29, 1.82) is 5.41 Å². The average molecular weight is 424 g/mol. The number of benzene rings is 1. The van der Waals surface area contributed by atoms with E-state index in [-0.39, 0.29) is 5.56 Å². The number of aromatic nitrogens is 2. The number of hydrogen-bond acceptors (Lipinski definition) is 5. The lowest BCUT2D eigenvalue weighted by atomic mass is 10.1. The highest BCUT2D eigenvalue weighted by molar-refractivity contribution is 8.21. The molecule has 0 fully saturated rings. The van der Waals surface area contributed by atoms with Crippen LogP contribution in [0.1, 0.15) is 64.6 Å². The molecule has 2 aromatic rings. The van der Waals surface area contributed by atoms with E-state index in [1.165, 1.54) is 12.8 Å². The Hall–Kier alpha value is -1.79. The Morgan fingerprint density at radius 1 is 1.21 bits per heavy atom. The van der Waals surface area contributed by atoms with Gasteiger partial charge >= 0.3 is 0 Å². The molecule has 7 heteroatoms. The Morgan fingerprint density at radius 2 is 1.89 bits per heavy atom. The SMILES string of the molecule is CCCC.CCCC(=N)c1nc(-c2cc(SCl)ccc2OCC)[nH]c(=O)c1C. The zero-order chi connectivity index (χ0) is 21.1. The molecular weight excluding hydrogens is 394 g/mol. The Kier molecular flexibility index (Phi) is 10.9. The molecule has 1 aromatic heterocycles. The van der Waals surface area contributed by atoms with Crippen molar-refractivity contribution in [2.45, 2.75) is 65.2 Å². The molecule has 0 saturated heterocycles. The van der Waals surface area contributed by atoms with Gasteiger partial charge in [-0.25, -0.2) is 4.98 Å². The molecule has 154 valence electrons. The van der Waals surface area contributed by atoms with E-state index in [1.807, 2.05) is 26.0 Å². The number of hydrogen-bond donors (Lipinski definition) is 2. The zero-order valence-corrected chi connectivity index (χ0v) is 18.9. The summed E-state index contributed by atoms with van der Waals surface area (Å²) in [6.07, 6.45) is 4.04. The predicted molar refractivity (Wildman–Crippen MR) is 120 cm³/mol. The molecule has 0 radical (unpaired) electrons. The smallest absolute Gasteiger partial charge is 0.254 e. The van der Waals surface area contributed by atoms with Gasteiger partial charge in [0.25, 0.3) is 5.56 Å². The molecule has 0 bridgehead atoms. The van der Waals surface area contributed by atoms with Crippen molar-refractivity contribution >= 4 is 27.4 Å². The van der Waals surface area contributed by atoms with Crippen LogP contribution in [0.2, 0.25) is 0 Å². The van der Waals surface area contributed by atoms with Gasteiger partial charge in [-0.05, 0) is 60.1 Å². The first-order valence-corrected chi connectivity index (χ1v) is 11.3. The van der Waals surface area contributed by atoms with Crippen LogP contribution in [0.15, 0.2) is 27.9 Å². The molecule has 5 nitrogen and oxygen atoms in total. The van der Waals surface area contributed by atoms with E-state index in [4.69, 9.17) is 20.8 Å². The molecule has 2 N–H and O–H groups in total. The first-order chi connectivity index (χ1) is 13.4. The normalized spacial score (nSPS) is 10.2. The molecule has 1 heterocycles. The first-order valence-electron chi connectivity index (χ1n) is 9.67. The summed E-state index contributed by atoms with van der Waals surface area (Å²) in [5.41, 5.74) is 1.66. The van der Waals surface area contributed by atoms with E-state index < -0.39 is 0 Å². The largest absolute Gasteiger partial charge is 0.493 e. The molecule has 0 unspecified atom stereocenters. The van der Waals surface area contributed by atoms with Gasteiger partial charge in [0, 0.05) is 10.5 Å². The van der Waals surface area contributed by atoms with Crippen molar-refractivity contribution in [2.75, 3.05) is 6.61 Å². The molecule has 2 rings (SSSR count). The monoisotopic (exact) mass is 423 g/mol. The van der Waals surface area contributed by atoms with Crippen molar-refractivity contribution < 1.29 is 4.74 Å². The van der Waals surface area contributed by atoms with E-state index in [2.05, 4.69) is 23.8 Å². The number of nitrogens with zero attached hydrogens (tertiary/aromatic N) is 1. The summed E-state index contributed by atoms with van der Waals surface area (Å²) >= 11 is 0. The fourth-order valence-electron chi connectivity index (χ4n) is 2.35. The van der Waals surface area contributed by atoms with Gasteiger partial charge in [-0.3, -0.25) is 4.79 Å². The van der Waals surface area contributed by atoms with Crippen molar-refractivity contribution in [3.63, 3.8) is 0 Å². The van der Waals surface area contributed by atoms with Crippen LogP contribution in [0.3, 0.4) is 0 Å². The lowest BCUT2D eigenvalue weighted by Crippen LogP contribution is -2.19. The molecule has 0 spiro atoms. The van der Waals surface area contributed by atoms with Crippen molar-refractivity contribution in [3.05, 3.63) is 39.8 Å². The number of aromatic amines is 1. The van der Waals surface area contributed by atoms with Gasteiger partial charge < -0.3 is 15.1 Å². The first kappa shape index (κ1) is 24.2. The third kappa shape index (κ3) is 6.67. The highest BCUT2D eigenvalue weighted by Gasteiger charge is 2.16. The van der Waals surface area contributed by atoms with Gasteiger partial charge in [0.2, 0.25) is 0 Å². The van der Waals surface area contributed by atoms with Crippen molar-refractivity contribution in [1.82, 2.24) is 9.97 Å². The fraction of sp³-hybridized carbons (Fsp3) is 0.476. The Bertz CT molecular complexity index is 835. The standard InChI is InChI=1S/C17H20ClN3O2S.C4H10/c1-4-6-13(19)15-10(3)17(22)21-16(20-15)12-9-11(24-18)7-8-14(12)23-5-2;1-3-4-2/h7-9,19H,4-6H2,1-3H3,(H,20,21,22);3-4H2,1-2H3. The minimum Gasteiger partial charge on any atom is -0.493 e. The molecule has 0 aliphatic rings. The molecule has 0 atom stereocenters. The molecule has 0 amide bonds. The van der Waals surface area contributed by atoms with Crippen molar-refractivity contribution in [2.24, 2.45) is 0 Å². The summed E-state index contributed by atoms with van der Waals surface area (Å²) in [5, 5.41) is 8.17. The minimum atomic E-state index is -0.248. The number of H-pyrrole nitrogens is 1. The predicted octanol–water partition coefficient (Wildman–Crippen LogP) is 6.36. The summed E-state index contributed by atoms with van der Waals surface area (Å²) < 4.78 is 5.64. The topological polar surface area (TPSA) is 78.8 Å². The average Bonchev–Trinajstić information content (AvgIpc) is 2.70. The maximum Gasteiger partial charge on any atom is 0.254 e. The van der Waals surface area contributed by atoms with E-state index in [0.717, 1.165) is 22.3 Å². The van der Waals surface area contributed by atoms with Gasteiger partial charge in [0.15, 0.2) is 0 Å². The van der Waals surface area contributed by atoms with Crippen LogP contribution in [-0.4, -0.2) is 22.3 Å². The second-order valence-corrected chi connectivity index (χ2v) is 7.37. The van der Waals surface area contributed by atoms with Gasteiger partial charge in [-0.2, -0.15) is 0 Å². The van der Waals surface area contributed by atoms with Crippen LogP contribution in [0.25, 0.3) is 11.4 Å². The van der Waals surface area contributed by atoms with Crippen molar-refractivity contribution in [3.8, 4) is 17.1 Å². The second kappa shape index (κ2) is 12.6. The van der Waals surface area contributed by atoms with Gasteiger partial charge in [0.1, 0.15) is 11.6 Å². The highest BCUT2D eigenvalue weighted by Crippen LogP contribution is 2.33. The minimum absolute atomic E-state index is 0.248. The summed E-state index contributed by atoms with van der Waals surface area (Å²) in [6, 6.07) is 5.47. The molecule has 28 heavy (non-hydrogen) atoms. The molecule has 0 aliphatic carbocycles. The molecule has 1 aromatic carbocycles. The third-order valence-electron chi connectivity index (χ3n) is 4.03. The summed E-state index contributed by atoms with van der Waals surface area (Å²) in [4.78, 5) is 20.4. The van der Waals surface area contributed by atoms with E-state index >= 15 is 0 Å². The molecular formula is C21H30ClN3O2S. The number of unbranched alkanes of at least 4 members (excludes halogenated alkanes) is 1. The lowest BCUT2D eigenvalue weighted by Gasteiger charge is -2.13. The van der Waals surface area contributed by atoms with Crippen LogP contribution >= 0.6 is 21.7 Å². The quantitative estimate of drug-likeness (QED) is 0.484. The lowest BCUT2D eigenvalue weighted by molar-refractivity contribution is 0.341. The third-order valence-corrected chi connectivity index (χ3v) is 5.00. The summed E-state index contributed by atoms with van der Waals surface area (Å²) in [6.45, 7) is 10.4. The maximum absolute atomic E-state index is 12.3. The van der Waals surface area contributed by atoms with E-state index in [0.29, 0.717) is 47.1 Å². The summed E-state index contributed by atoms with van der Waals surface area (Å²) in [7, 11) is 6.93. The second-order valence-electron chi connectivity index (χ2n) is 6.28. The number of nitrogens with one attached hydrogen (secondary N) is 2. The number of rotatable bonds is 8. The fourth-order valence-corrected chi connectivity index (χ4v) is 2.92. The maximum atomic E-state index is 12.3. The van der Waals surface area contributed by atoms with Gasteiger partial charge in [0.05, 0.1) is 23.6 Å². The van der Waals surface area contributed by atoms with E-state index in [1.54, 1.807) is 13.0 Å². The van der Waals surface area contributed by atoms with Crippen LogP contribution in [0, 0.1) is 12.3 Å². The Balaban J connectivity index is 0.000000892. The Morgan fingerprint density at radius 3 is 2.43 bits per heavy atom. The van der Waals surface area contributed by atoms with Crippen LogP contribution < -0.4 is 10.3 Å². The molecule has 0 aliphatic heterocycles. The zero-order valence-electron chi connectivity index (χ0n) is 17.3. The Labute approximate surface area is 176 Å². The van der Waals surface area contributed by atoms with Crippen LogP contribution in [0.5, 0.6) is 5.75 Å². The van der Waals surface area contributed by atoms with Gasteiger partial charge in [-0.15, -0.1) is 0 Å².